The molecule has 0 aliphatic carbocycles. The van der Waals surface area contributed by atoms with Gasteiger partial charge in [-0.05, 0) is 35.7 Å². The second-order valence-electron chi connectivity index (χ2n) is 8.13. The minimum atomic E-state index is -1.35. The first-order chi connectivity index (χ1) is 18.3. The van der Waals surface area contributed by atoms with E-state index in [9.17, 15) is 19.6 Å². The Bertz CT molecular complexity index is 1280. The Labute approximate surface area is 225 Å². The molecule has 1 aliphatic rings. The molecule has 0 saturated carbocycles. The molecule has 10 nitrogen and oxygen atoms in total. The monoisotopic (exact) mass is 539 g/mol. The molecular formula is C27H29N3O7S. The number of nitrogens with one attached hydrogen (secondary N) is 2. The summed E-state index contributed by atoms with van der Waals surface area (Å²) >= 11 is 0.996. The highest BCUT2D eigenvalue weighted by molar-refractivity contribution is 8.03. The molecule has 38 heavy (non-hydrogen) atoms. The minimum Gasteiger partial charge on any atom is -0.493 e. The van der Waals surface area contributed by atoms with E-state index in [1.807, 2.05) is 31.2 Å². The van der Waals surface area contributed by atoms with Gasteiger partial charge < -0.3 is 29.6 Å². The molecule has 0 bridgehead atoms. The summed E-state index contributed by atoms with van der Waals surface area (Å²) in [6, 6.07) is 12.7. The number of rotatable bonds is 10. The normalized spacial score (nSPS) is 16.7. The fourth-order valence-electron chi connectivity index (χ4n) is 4.24. The third kappa shape index (κ3) is 5.86. The number of ether oxygens (including phenoxy) is 4. The van der Waals surface area contributed by atoms with Crippen LogP contribution in [0, 0.1) is 17.2 Å². The van der Waals surface area contributed by atoms with Crippen LogP contribution in [0.5, 0.6) is 17.2 Å². The average molecular weight is 540 g/mol. The summed E-state index contributed by atoms with van der Waals surface area (Å²) in [5.41, 5.74) is 2.18. The number of nitrogens with zero attached hydrogens (tertiary/aromatic N) is 1. The van der Waals surface area contributed by atoms with Crippen molar-refractivity contribution >= 4 is 35.2 Å². The predicted molar refractivity (Wildman–Crippen MR) is 142 cm³/mol. The maximum Gasteiger partial charge on any atom is 0.319 e. The van der Waals surface area contributed by atoms with Crippen molar-refractivity contribution in [1.29, 1.82) is 5.26 Å². The van der Waals surface area contributed by atoms with Gasteiger partial charge >= 0.3 is 5.97 Å². The Morgan fingerprint density at radius 2 is 1.74 bits per heavy atom. The van der Waals surface area contributed by atoms with E-state index in [-0.39, 0.29) is 33.8 Å². The van der Waals surface area contributed by atoms with Crippen molar-refractivity contribution in [3.05, 3.63) is 58.1 Å². The first kappa shape index (κ1) is 28.4. The zero-order chi connectivity index (χ0) is 27.8. The number of hydrogen-bond acceptors (Lipinski definition) is 9. The number of allylic oxidation sites excluding steroid dienone is 1. The van der Waals surface area contributed by atoms with E-state index in [0.717, 1.165) is 23.7 Å². The molecule has 2 unspecified atom stereocenters. The lowest BCUT2D eigenvalue weighted by Gasteiger charge is -2.31. The van der Waals surface area contributed by atoms with Gasteiger partial charge in [-0.2, -0.15) is 5.26 Å². The maximum absolute atomic E-state index is 13.1. The van der Waals surface area contributed by atoms with Crippen LogP contribution in [-0.2, 0) is 25.5 Å². The minimum absolute atomic E-state index is 0.0797. The van der Waals surface area contributed by atoms with Crippen molar-refractivity contribution in [1.82, 2.24) is 5.32 Å². The number of esters is 1. The van der Waals surface area contributed by atoms with E-state index >= 15 is 0 Å². The molecule has 3 rings (SSSR count). The first-order valence-electron chi connectivity index (χ1n) is 11.7. The summed E-state index contributed by atoms with van der Waals surface area (Å²) in [6.45, 7) is 1.99. The van der Waals surface area contributed by atoms with Crippen LogP contribution in [-0.4, -0.2) is 52.0 Å². The highest BCUT2D eigenvalue weighted by atomic mass is 32.2. The molecule has 200 valence electrons. The average Bonchev–Trinajstić information content (AvgIpc) is 2.94. The van der Waals surface area contributed by atoms with Crippen LogP contribution in [0.4, 0.5) is 5.69 Å². The van der Waals surface area contributed by atoms with Gasteiger partial charge in [-0.3, -0.25) is 14.4 Å². The Hall–Kier alpha value is -4.17. The number of carbonyl (C=O) groups excluding carboxylic acids is 3. The second kappa shape index (κ2) is 12.9. The van der Waals surface area contributed by atoms with Crippen LogP contribution in [0.25, 0.3) is 0 Å². The third-order valence-corrected chi connectivity index (χ3v) is 7.07. The highest BCUT2D eigenvalue weighted by Gasteiger charge is 2.45. The SMILES string of the molecule is CCc1ccccc1NC(=O)CSC1=C(C#N)C(c2cc(OC)c(OC)c(OC)c2)C(C(=O)OC)C(=O)N1. The smallest absolute Gasteiger partial charge is 0.319 e. The summed E-state index contributed by atoms with van der Waals surface area (Å²) in [5, 5.41) is 15.8. The van der Waals surface area contributed by atoms with Gasteiger partial charge in [-0.1, -0.05) is 36.9 Å². The number of hydrogen-bond donors (Lipinski definition) is 2. The molecule has 1 heterocycles. The molecule has 2 N–H and O–H groups in total. The van der Waals surface area contributed by atoms with E-state index in [2.05, 4.69) is 16.7 Å². The van der Waals surface area contributed by atoms with E-state index in [1.165, 1.54) is 28.4 Å². The highest BCUT2D eigenvalue weighted by Crippen LogP contribution is 2.46. The fraction of sp³-hybridized carbons (Fsp3) is 0.333. The number of para-hydroxylation sites is 1. The zero-order valence-electron chi connectivity index (χ0n) is 21.7. The lowest BCUT2D eigenvalue weighted by Crippen LogP contribution is -2.44. The Morgan fingerprint density at radius 3 is 2.29 bits per heavy atom. The molecule has 2 atom stereocenters. The number of methoxy groups -OCH3 is 4. The molecule has 0 fully saturated rings. The summed E-state index contributed by atoms with van der Waals surface area (Å²) in [6.07, 6.45) is 0.745. The lowest BCUT2D eigenvalue weighted by molar-refractivity contribution is -0.150. The van der Waals surface area contributed by atoms with Gasteiger partial charge in [0.1, 0.15) is 5.92 Å². The van der Waals surface area contributed by atoms with Crippen molar-refractivity contribution in [2.24, 2.45) is 5.92 Å². The van der Waals surface area contributed by atoms with E-state index in [0.29, 0.717) is 17.0 Å². The van der Waals surface area contributed by atoms with Gasteiger partial charge in [-0.25, -0.2) is 0 Å². The van der Waals surface area contributed by atoms with E-state index in [4.69, 9.17) is 18.9 Å². The molecule has 0 aromatic heterocycles. The Morgan fingerprint density at radius 1 is 1.08 bits per heavy atom. The van der Waals surface area contributed by atoms with Crippen molar-refractivity contribution < 1.29 is 33.3 Å². The molecule has 1 aliphatic heterocycles. The molecule has 2 aromatic rings. The molecule has 0 spiro atoms. The second-order valence-corrected chi connectivity index (χ2v) is 9.11. The predicted octanol–water partition coefficient (Wildman–Crippen LogP) is 3.38. The van der Waals surface area contributed by atoms with Crippen molar-refractivity contribution in [2.45, 2.75) is 19.3 Å². The Balaban J connectivity index is 2.02. The van der Waals surface area contributed by atoms with Gasteiger partial charge in [0.25, 0.3) is 0 Å². The standard InChI is InChI=1S/C27H29N3O7S/c1-6-15-9-7-8-10-18(15)29-21(31)14-38-26-17(13-28)22(23(25(32)30-26)27(33)37-5)16-11-19(34-2)24(36-4)20(12-16)35-3/h7-12,22-23H,6,14H2,1-5H3,(H,29,31)(H,30,32). The van der Waals surface area contributed by atoms with Crippen LogP contribution in [0.15, 0.2) is 47.0 Å². The third-order valence-electron chi connectivity index (χ3n) is 6.05. The molecule has 2 amide bonds. The van der Waals surface area contributed by atoms with Crippen molar-refractivity contribution in [3.8, 4) is 23.3 Å². The topological polar surface area (TPSA) is 136 Å². The van der Waals surface area contributed by atoms with Crippen LogP contribution >= 0.6 is 11.8 Å². The molecular weight excluding hydrogens is 510 g/mol. The zero-order valence-corrected chi connectivity index (χ0v) is 22.6. The number of nitriles is 1. The summed E-state index contributed by atoms with van der Waals surface area (Å²) in [5.74, 6) is -3.35. The fourth-order valence-corrected chi connectivity index (χ4v) is 5.08. The maximum atomic E-state index is 13.1. The number of thioether (sulfide) groups is 1. The van der Waals surface area contributed by atoms with Gasteiger partial charge in [0.2, 0.25) is 17.6 Å². The summed E-state index contributed by atoms with van der Waals surface area (Å²) in [4.78, 5) is 38.6. The van der Waals surface area contributed by atoms with Crippen molar-refractivity contribution in [3.63, 3.8) is 0 Å². The van der Waals surface area contributed by atoms with E-state index < -0.39 is 23.7 Å². The Kier molecular flexibility index (Phi) is 9.62. The lowest BCUT2D eigenvalue weighted by atomic mass is 9.78. The van der Waals surface area contributed by atoms with E-state index in [1.54, 1.807) is 12.1 Å². The first-order valence-corrected chi connectivity index (χ1v) is 12.6. The van der Waals surface area contributed by atoms with Crippen LogP contribution < -0.4 is 24.8 Å². The van der Waals surface area contributed by atoms with Crippen LogP contribution in [0.1, 0.15) is 24.0 Å². The summed E-state index contributed by atoms with van der Waals surface area (Å²) < 4.78 is 21.1. The largest absolute Gasteiger partial charge is 0.493 e. The number of amides is 2. The van der Waals surface area contributed by atoms with Gasteiger partial charge in [0.15, 0.2) is 11.5 Å². The van der Waals surface area contributed by atoms with Crippen LogP contribution in [0.3, 0.4) is 0 Å². The molecule has 0 radical (unpaired) electrons. The quantitative estimate of drug-likeness (QED) is 0.344. The van der Waals surface area contributed by atoms with Crippen LogP contribution in [0.2, 0.25) is 0 Å². The molecule has 0 saturated heterocycles. The number of benzene rings is 2. The van der Waals surface area contributed by atoms with Gasteiger partial charge in [-0.15, -0.1) is 0 Å². The molecule has 2 aromatic carbocycles. The van der Waals surface area contributed by atoms with Gasteiger partial charge in [0, 0.05) is 11.6 Å². The molecule has 11 heteroatoms. The van der Waals surface area contributed by atoms with Gasteiger partial charge in [0.05, 0.1) is 50.9 Å². The summed E-state index contributed by atoms with van der Waals surface area (Å²) in [7, 11) is 5.49. The number of anilines is 1. The number of carbonyl (C=O) groups is 3. The number of aryl methyl sites for hydroxylation is 1. The van der Waals surface area contributed by atoms with Crippen molar-refractivity contribution in [2.75, 3.05) is 39.5 Å².